The standard InChI is InChI=1S/C16H13N7OS/c17-9-11-4-3-5-12(8-11)20-14(24)10-25-16-22-21-15(23(16)18)13-6-1-2-7-19-13/h1-8H,10,18H2,(H,20,24). The Morgan fingerprint density at radius 3 is 2.92 bits per heavy atom. The summed E-state index contributed by atoms with van der Waals surface area (Å²) < 4.78 is 1.30. The van der Waals surface area contributed by atoms with Crippen molar-refractivity contribution in [2.45, 2.75) is 5.16 Å². The van der Waals surface area contributed by atoms with Gasteiger partial charge in [0.1, 0.15) is 5.69 Å². The summed E-state index contributed by atoms with van der Waals surface area (Å²) in [6, 6.07) is 14.1. The molecule has 1 aromatic carbocycles. The summed E-state index contributed by atoms with van der Waals surface area (Å²) >= 11 is 1.16. The summed E-state index contributed by atoms with van der Waals surface area (Å²) in [6.45, 7) is 0. The van der Waals surface area contributed by atoms with Gasteiger partial charge in [0.15, 0.2) is 0 Å². The van der Waals surface area contributed by atoms with Gasteiger partial charge in [0.2, 0.25) is 16.9 Å². The summed E-state index contributed by atoms with van der Waals surface area (Å²) in [5.41, 5.74) is 1.64. The van der Waals surface area contributed by atoms with Crippen LogP contribution in [0.5, 0.6) is 0 Å². The minimum Gasteiger partial charge on any atom is -0.335 e. The van der Waals surface area contributed by atoms with Gasteiger partial charge in [0.25, 0.3) is 0 Å². The van der Waals surface area contributed by atoms with Crippen molar-refractivity contribution in [3.8, 4) is 17.6 Å². The van der Waals surface area contributed by atoms with Gasteiger partial charge >= 0.3 is 0 Å². The topological polar surface area (TPSA) is 123 Å². The van der Waals surface area contributed by atoms with Crippen LogP contribution < -0.4 is 11.2 Å². The molecule has 0 radical (unpaired) electrons. The molecule has 2 aromatic heterocycles. The molecule has 0 aliphatic rings. The smallest absolute Gasteiger partial charge is 0.234 e. The zero-order valence-corrected chi connectivity index (χ0v) is 13.8. The summed E-state index contributed by atoms with van der Waals surface area (Å²) in [6.07, 6.45) is 1.64. The van der Waals surface area contributed by atoms with Crippen LogP contribution in [-0.4, -0.2) is 31.5 Å². The number of hydrogen-bond acceptors (Lipinski definition) is 7. The number of nitrogens with two attached hydrogens (primary N) is 1. The maximum absolute atomic E-state index is 12.0. The van der Waals surface area contributed by atoms with Crippen LogP contribution in [0.2, 0.25) is 0 Å². The van der Waals surface area contributed by atoms with E-state index in [2.05, 4.69) is 20.5 Å². The molecular weight excluding hydrogens is 338 g/mol. The highest BCUT2D eigenvalue weighted by Crippen LogP contribution is 2.20. The van der Waals surface area contributed by atoms with E-state index in [0.29, 0.717) is 27.9 Å². The molecule has 0 unspecified atom stereocenters. The number of nitrogens with one attached hydrogen (secondary N) is 1. The molecule has 9 heteroatoms. The number of rotatable bonds is 5. The van der Waals surface area contributed by atoms with Crippen molar-refractivity contribution in [1.29, 1.82) is 5.26 Å². The first-order valence-electron chi connectivity index (χ1n) is 7.22. The van der Waals surface area contributed by atoms with E-state index in [1.54, 1.807) is 42.6 Å². The second-order valence-electron chi connectivity index (χ2n) is 4.92. The fourth-order valence-electron chi connectivity index (χ4n) is 2.04. The highest BCUT2D eigenvalue weighted by molar-refractivity contribution is 7.99. The van der Waals surface area contributed by atoms with Crippen molar-refractivity contribution in [1.82, 2.24) is 19.9 Å². The Morgan fingerprint density at radius 2 is 2.16 bits per heavy atom. The molecule has 0 spiro atoms. The normalized spacial score (nSPS) is 10.2. The molecule has 3 aromatic rings. The first kappa shape index (κ1) is 16.5. The summed E-state index contributed by atoms with van der Waals surface area (Å²) in [5, 5.41) is 20.0. The summed E-state index contributed by atoms with van der Waals surface area (Å²) in [5.74, 6) is 6.27. The molecular formula is C16H13N7OS. The lowest BCUT2D eigenvalue weighted by atomic mass is 10.2. The molecule has 2 heterocycles. The third-order valence-electron chi connectivity index (χ3n) is 3.17. The molecule has 3 N–H and O–H groups in total. The van der Waals surface area contributed by atoms with Crippen molar-refractivity contribution < 1.29 is 4.79 Å². The molecule has 25 heavy (non-hydrogen) atoms. The fourth-order valence-corrected chi connectivity index (χ4v) is 2.70. The van der Waals surface area contributed by atoms with Crippen LogP contribution in [0.15, 0.2) is 53.8 Å². The average molecular weight is 351 g/mol. The van der Waals surface area contributed by atoms with E-state index >= 15 is 0 Å². The van der Waals surface area contributed by atoms with Crippen molar-refractivity contribution in [3.63, 3.8) is 0 Å². The third-order valence-corrected chi connectivity index (χ3v) is 4.11. The summed E-state index contributed by atoms with van der Waals surface area (Å²) in [7, 11) is 0. The van der Waals surface area contributed by atoms with Gasteiger partial charge in [-0.3, -0.25) is 9.78 Å². The van der Waals surface area contributed by atoms with Gasteiger partial charge in [-0.2, -0.15) is 5.26 Å². The van der Waals surface area contributed by atoms with E-state index in [4.69, 9.17) is 11.1 Å². The number of nitrogen functional groups attached to an aromatic ring is 1. The maximum atomic E-state index is 12.0. The molecule has 0 aliphatic heterocycles. The van der Waals surface area contributed by atoms with Gasteiger partial charge in [-0.1, -0.05) is 23.9 Å². The quantitative estimate of drug-likeness (QED) is 0.529. The largest absolute Gasteiger partial charge is 0.335 e. The highest BCUT2D eigenvalue weighted by Gasteiger charge is 2.14. The van der Waals surface area contributed by atoms with Gasteiger partial charge in [-0.25, -0.2) is 4.68 Å². The molecule has 8 nitrogen and oxygen atoms in total. The molecule has 0 saturated carbocycles. The van der Waals surface area contributed by atoms with Crippen molar-refractivity contribution in [2.75, 3.05) is 16.9 Å². The van der Waals surface area contributed by atoms with Gasteiger partial charge in [-0.05, 0) is 30.3 Å². The SMILES string of the molecule is N#Cc1cccc(NC(=O)CSc2nnc(-c3ccccn3)n2N)c1. The van der Waals surface area contributed by atoms with Crippen LogP contribution in [0.3, 0.4) is 0 Å². The number of aromatic nitrogens is 4. The number of pyridine rings is 1. The third kappa shape index (κ3) is 3.94. The Balaban J connectivity index is 1.63. The molecule has 3 rings (SSSR count). The number of hydrogen-bond donors (Lipinski definition) is 2. The van der Waals surface area contributed by atoms with Gasteiger partial charge < -0.3 is 11.2 Å². The number of carbonyl (C=O) groups is 1. The van der Waals surface area contributed by atoms with E-state index in [1.165, 1.54) is 4.68 Å². The van der Waals surface area contributed by atoms with E-state index in [0.717, 1.165) is 11.8 Å². The van der Waals surface area contributed by atoms with E-state index < -0.39 is 0 Å². The zero-order valence-electron chi connectivity index (χ0n) is 13.0. The number of carbonyl (C=O) groups excluding carboxylic acids is 1. The second kappa shape index (κ2) is 7.46. The van der Waals surface area contributed by atoms with Crippen LogP contribution in [0, 0.1) is 11.3 Å². The minimum absolute atomic E-state index is 0.105. The Kier molecular flexibility index (Phi) is 4.92. The lowest BCUT2D eigenvalue weighted by Crippen LogP contribution is -2.16. The van der Waals surface area contributed by atoms with Crippen molar-refractivity contribution in [3.05, 3.63) is 54.2 Å². The lowest BCUT2D eigenvalue weighted by molar-refractivity contribution is -0.113. The predicted octanol–water partition coefficient (Wildman–Crippen LogP) is 1.66. The zero-order chi connectivity index (χ0) is 17.6. The molecule has 124 valence electrons. The molecule has 0 aliphatic carbocycles. The second-order valence-corrected chi connectivity index (χ2v) is 5.86. The van der Waals surface area contributed by atoms with Crippen LogP contribution >= 0.6 is 11.8 Å². The van der Waals surface area contributed by atoms with Crippen LogP contribution in [0.25, 0.3) is 11.5 Å². The van der Waals surface area contributed by atoms with Crippen LogP contribution in [0.1, 0.15) is 5.56 Å². The Labute approximate surface area is 147 Å². The van der Waals surface area contributed by atoms with E-state index in [9.17, 15) is 4.79 Å². The van der Waals surface area contributed by atoms with Crippen LogP contribution in [0.4, 0.5) is 5.69 Å². The fraction of sp³-hybridized carbons (Fsp3) is 0.0625. The van der Waals surface area contributed by atoms with Crippen LogP contribution in [-0.2, 0) is 4.79 Å². The van der Waals surface area contributed by atoms with E-state index in [-0.39, 0.29) is 11.7 Å². The minimum atomic E-state index is -0.234. The number of anilines is 1. The molecule has 0 fully saturated rings. The lowest BCUT2D eigenvalue weighted by Gasteiger charge is -2.05. The molecule has 0 saturated heterocycles. The maximum Gasteiger partial charge on any atom is 0.234 e. The Morgan fingerprint density at radius 1 is 1.28 bits per heavy atom. The number of nitriles is 1. The highest BCUT2D eigenvalue weighted by atomic mass is 32.2. The number of amides is 1. The van der Waals surface area contributed by atoms with Gasteiger partial charge in [0, 0.05) is 11.9 Å². The van der Waals surface area contributed by atoms with Gasteiger partial charge in [0.05, 0.1) is 17.4 Å². The predicted molar refractivity (Wildman–Crippen MR) is 93.9 cm³/mol. The van der Waals surface area contributed by atoms with E-state index in [1.807, 2.05) is 12.1 Å². The molecule has 0 atom stereocenters. The molecule has 1 amide bonds. The van der Waals surface area contributed by atoms with Crippen molar-refractivity contribution in [2.24, 2.45) is 0 Å². The Bertz CT molecular complexity index is 933. The van der Waals surface area contributed by atoms with Crippen molar-refractivity contribution >= 4 is 23.4 Å². The van der Waals surface area contributed by atoms with Gasteiger partial charge in [-0.15, -0.1) is 10.2 Å². The Hall–Kier alpha value is -3.38. The number of nitrogens with zero attached hydrogens (tertiary/aromatic N) is 5. The summed E-state index contributed by atoms with van der Waals surface area (Å²) in [4.78, 5) is 16.2. The number of benzene rings is 1. The number of thioether (sulfide) groups is 1. The average Bonchev–Trinajstić information content (AvgIpc) is 3.01. The molecule has 0 bridgehead atoms. The monoisotopic (exact) mass is 351 g/mol. The first-order chi connectivity index (χ1) is 12.2. The first-order valence-corrected chi connectivity index (χ1v) is 8.20.